The van der Waals surface area contributed by atoms with Crippen LogP contribution in [0.3, 0.4) is 0 Å². The molecular weight excluding hydrogens is 1080 g/mol. The number of hydrogen-bond acceptors (Lipinski definition) is 8. The molecule has 8 aromatic rings. The van der Waals surface area contributed by atoms with Crippen LogP contribution in [-0.2, 0) is 25.2 Å². The Hall–Kier alpha value is -4.80. The van der Waals surface area contributed by atoms with Crippen molar-refractivity contribution in [3.63, 3.8) is 0 Å². The highest BCUT2D eigenvalue weighted by Crippen LogP contribution is 2.41. The summed E-state index contributed by atoms with van der Waals surface area (Å²) in [6.45, 7) is 0.307. The van der Waals surface area contributed by atoms with Crippen LogP contribution in [0.4, 0.5) is 26.3 Å². The molecule has 0 saturated heterocycles. The average molecular weight is 1120 g/mol. The van der Waals surface area contributed by atoms with Crippen molar-refractivity contribution in [1.82, 2.24) is 30.6 Å². The Kier molecular flexibility index (Phi) is 17.7. The number of hydrogen-bond donors (Lipinski definition) is 6. The highest BCUT2D eigenvalue weighted by molar-refractivity contribution is 9.11. The van der Waals surface area contributed by atoms with Gasteiger partial charge in [0.25, 0.3) is 11.8 Å². The Labute approximate surface area is 410 Å². The van der Waals surface area contributed by atoms with Gasteiger partial charge >= 0.3 is 12.4 Å². The lowest BCUT2D eigenvalue weighted by Gasteiger charge is -2.17. The van der Waals surface area contributed by atoms with E-state index in [9.17, 15) is 35.9 Å². The Morgan fingerprint density at radius 3 is 1.30 bits per heavy atom. The molecule has 6 aromatic heterocycles. The molecule has 348 valence electrons. The van der Waals surface area contributed by atoms with E-state index < -0.39 is 35.6 Å². The Morgan fingerprint density at radius 1 is 0.606 bits per heavy atom. The van der Waals surface area contributed by atoms with Crippen molar-refractivity contribution in [2.45, 2.75) is 37.3 Å². The van der Waals surface area contributed by atoms with Gasteiger partial charge in [0.1, 0.15) is 11.3 Å². The summed E-state index contributed by atoms with van der Waals surface area (Å²) in [7, 11) is 0. The number of pyridine rings is 2. The molecule has 2 atom stereocenters. The standard InChI is InChI=1S/2C22H18BrF3N4OS.2ClH/c2*23-17-10-18(32-19(17)15-5-7-28-20-16(15)6-8-29-20)21(31)30-14(11-27)9-12-1-3-13(4-2-12)22(24,25)26;;/h2*1-8,10,14H,9,11,27H2,(H,28,29)(H,30,31);2*1H/t2*14-;;/m00../s1. The maximum absolute atomic E-state index is 12.9. The van der Waals surface area contributed by atoms with Crippen molar-refractivity contribution >= 4 is 113 Å². The number of carbonyl (C=O) groups excluding carboxylic acids is 2. The summed E-state index contributed by atoms with van der Waals surface area (Å²) in [5, 5.41) is 7.67. The minimum atomic E-state index is -4.38. The molecule has 0 saturated carbocycles. The van der Waals surface area contributed by atoms with Crippen LogP contribution in [0.15, 0.2) is 119 Å². The number of carbonyl (C=O) groups is 2. The number of H-pyrrole nitrogens is 2. The van der Waals surface area contributed by atoms with E-state index in [2.05, 4.69) is 62.4 Å². The fourth-order valence-corrected chi connectivity index (χ4v) is 10.4. The third kappa shape index (κ3) is 12.4. The predicted molar refractivity (Wildman–Crippen MR) is 260 cm³/mol. The number of alkyl halides is 6. The molecule has 0 unspecified atom stereocenters. The number of benzene rings is 2. The third-order valence-corrected chi connectivity index (χ3v) is 14.1. The molecule has 0 bridgehead atoms. The second kappa shape index (κ2) is 22.3. The van der Waals surface area contributed by atoms with E-state index in [1.54, 1.807) is 24.5 Å². The van der Waals surface area contributed by atoms with Crippen LogP contribution in [0, 0.1) is 0 Å². The molecule has 10 nitrogen and oxygen atoms in total. The summed E-state index contributed by atoms with van der Waals surface area (Å²) in [5.74, 6) is -0.577. The van der Waals surface area contributed by atoms with E-state index in [4.69, 9.17) is 11.5 Å². The first-order valence-electron chi connectivity index (χ1n) is 19.3. The first kappa shape index (κ1) is 52.2. The van der Waals surface area contributed by atoms with Gasteiger partial charge in [-0.25, -0.2) is 9.97 Å². The average Bonchev–Trinajstić information content (AvgIpc) is 4.10. The summed E-state index contributed by atoms with van der Waals surface area (Å²) in [6.07, 6.45) is -1.09. The SMILES string of the molecule is Cl.Cl.NC[C@H](Cc1ccc(C(F)(F)F)cc1)NC(=O)c1cc(Br)c(-c2ccnc3[nH]ccc23)s1.NC[C@H](Cc1ccc(C(F)(F)F)cc1)NC(=O)c1cc(Br)c(-c2ccnc3[nH]ccc23)s1. The molecule has 66 heavy (non-hydrogen) atoms. The first-order valence-corrected chi connectivity index (χ1v) is 22.5. The molecular formula is C44H38Br2Cl2F6N8O2S2. The molecule has 0 fully saturated rings. The number of halogens is 10. The van der Waals surface area contributed by atoms with Crippen molar-refractivity contribution < 1.29 is 35.9 Å². The van der Waals surface area contributed by atoms with Crippen LogP contribution < -0.4 is 22.1 Å². The zero-order valence-corrected chi connectivity index (χ0v) is 40.3. The summed E-state index contributed by atoms with van der Waals surface area (Å²) in [5.41, 5.74) is 14.9. The van der Waals surface area contributed by atoms with Gasteiger partial charge in [0.15, 0.2) is 0 Å². The molecule has 2 amide bonds. The molecule has 8 rings (SSSR count). The van der Waals surface area contributed by atoms with Crippen molar-refractivity contribution in [3.05, 3.63) is 151 Å². The first-order chi connectivity index (χ1) is 30.5. The van der Waals surface area contributed by atoms with Gasteiger partial charge in [0.2, 0.25) is 0 Å². The maximum atomic E-state index is 12.9. The van der Waals surface area contributed by atoms with Crippen LogP contribution in [0.5, 0.6) is 0 Å². The molecule has 0 aliphatic rings. The van der Waals surface area contributed by atoms with Gasteiger partial charge in [-0.15, -0.1) is 47.5 Å². The van der Waals surface area contributed by atoms with Crippen LogP contribution >= 0.6 is 79.3 Å². The van der Waals surface area contributed by atoms with Crippen LogP contribution in [0.2, 0.25) is 0 Å². The minimum Gasteiger partial charge on any atom is -0.347 e. The van der Waals surface area contributed by atoms with E-state index in [1.165, 1.54) is 46.9 Å². The lowest BCUT2D eigenvalue weighted by molar-refractivity contribution is -0.138. The predicted octanol–water partition coefficient (Wildman–Crippen LogP) is 11.6. The van der Waals surface area contributed by atoms with E-state index in [0.29, 0.717) is 33.7 Å². The normalized spacial score (nSPS) is 12.4. The lowest BCUT2D eigenvalue weighted by Crippen LogP contribution is -2.41. The van der Waals surface area contributed by atoms with Gasteiger partial charge in [-0.3, -0.25) is 9.59 Å². The lowest BCUT2D eigenvalue weighted by atomic mass is 10.0. The molecule has 6 heterocycles. The number of aromatic amines is 2. The van der Waals surface area contributed by atoms with Crippen molar-refractivity contribution in [2.75, 3.05) is 13.1 Å². The number of amides is 2. The van der Waals surface area contributed by atoms with Crippen LogP contribution in [0.25, 0.3) is 42.9 Å². The number of rotatable bonds is 12. The smallest absolute Gasteiger partial charge is 0.347 e. The number of nitrogens with one attached hydrogen (secondary N) is 4. The molecule has 22 heteroatoms. The summed E-state index contributed by atoms with van der Waals surface area (Å²) < 4.78 is 78.1. The number of aromatic nitrogens is 4. The molecule has 0 aliphatic carbocycles. The van der Waals surface area contributed by atoms with Gasteiger partial charge in [-0.1, -0.05) is 24.3 Å². The Bertz CT molecular complexity index is 2710. The highest BCUT2D eigenvalue weighted by Gasteiger charge is 2.31. The Morgan fingerprint density at radius 2 is 0.970 bits per heavy atom. The van der Waals surface area contributed by atoms with Gasteiger partial charge in [0, 0.05) is 80.8 Å². The number of fused-ring (bicyclic) bond motifs is 2. The fourth-order valence-electron chi connectivity index (χ4n) is 6.77. The molecule has 0 aliphatic heterocycles. The molecule has 0 spiro atoms. The monoisotopic (exact) mass is 1120 g/mol. The van der Waals surface area contributed by atoms with Crippen molar-refractivity contribution in [3.8, 4) is 20.9 Å². The zero-order chi connectivity index (χ0) is 45.8. The summed E-state index contributed by atoms with van der Waals surface area (Å²) in [6, 6.07) is 20.1. The number of nitrogens with zero attached hydrogens (tertiary/aromatic N) is 2. The largest absolute Gasteiger partial charge is 0.416 e. The number of thiophene rings is 2. The van der Waals surface area contributed by atoms with E-state index in [-0.39, 0.29) is 49.7 Å². The molecule has 8 N–H and O–H groups in total. The molecule has 0 radical (unpaired) electrons. The summed E-state index contributed by atoms with van der Waals surface area (Å²) >= 11 is 9.75. The number of nitrogens with two attached hydrogens (primary N) is 2. The zero-order valence-electron chi connectivity index (χ0n) is 33.9. The van der Waals surface area contributed by atoms with Crippen molar-refractivity contribution in [1.29, 1.82) is 0 Å². The summed E-state index contributed by atoms with van der Waals surface area (Å²) in [4.78, 5) is 43.2. The molecule has 2 aromatic carbocycles. The van der Waals surface area contributed by atoms with E-state index in [0.717, 1.165) is 76.2 Å². The fraction of sp³-hybridized carbons (Fsp3) is 0.182. The van der Waals surface area contributed by atoms with Gasteiger partial charge in [-0.2, -0.15) is 26.3 Å². The van der Waals surface area contributed by atoms with Crippen molar-refractivity contribution in [2.24, 2.45) is 11.5 Å². The van der Waals surface area contributed by atoms with E-state index in [1.807, 2.05) is 36.7 Å². The topological polar surface area (TPSA) is 168 Å². The Balaban J connectivity index is 0.000000240. The third-order valence-electron chi connectivity index (χ3n) is 10.00. The highest BCUT2D eigenvalue weighted by atomic mass is 79.9. The van der Waals surface area contributed by atoms with Gasteiger partial charge in [-0.05, 0) is 116 Å². The second-order valence-corrected chi connectivity index (χ2v) is 18.2. The minimum absolute atomic E-state index is 0. The second-order valence-electron chi connectivity index (χ2n) is 14.4. The van der Waals surface area contributed by atoms with Crippen LogP contribution in [-0.4, -0.2) is 56.9 Å². The van der Waals surface area contributed by atoms with Crippen LogP contribution in [0.1, 0.15) is 41.6 Å². The van der Waals surface area contributed by atoms with E-state index >= 15 is 0 Å². The quantitative estimate of drug-likeness (QED) is 0.0666. The van der Waals surface area contributed by atoms with Gasteiger partial charge < -0.3 is 32.1 Å². The van der Waals surface area contributed by atoms with Gasteiger partial charge in [0.05, 0.1) is 30.6 Å². The maximum Gasteiger partial charge on any atom is 0.416 e.